The third kappa shape index (κ3) is 3.96. The first kappa shape index (κ1) is 18.7. The third-order valence-corrected chi connectivity index (χ3v) is 4.86. The standard InChI is InChI=1S/C23H21N3O3/c1-24-23(28)17-9-5-8-16(13-17)19-14-25-22(21-18(19)10-11-29-21)26-20(27)12-15-6-3-2-4-7-15/h2-9,13-14H,10-12H2,1H3,(H,24,28)(H,25,26,27). The molecule has 0 saturated carbocycles. The minimum Gasteiger partial charge on any atom is -0.489 e. The number of rotatable bonds is 5. The molecule has 0 aliphatic carbocycles. The smallest absolute Gasteiger partial charge is 0.251 e. The lowest BCUT2D eigenvalue weighted by Crippen LogP contribution is -2.17. The van der Waals surface area contributed by atoms with Crippen LogP contribution in [0, 0.1) is 0 Å². The van der Waals surface area contributed by atoms with Crippen molar-refractivity contribution in [2.24, 2.45) is 0 Å². The number of anilines is 1. The lowest BCUT2D eigenvalue weighted by atomic mass is 9.98. The van der Waals surface area contributed by atoms with Crippen LogP contribution in [-0.4, -0.2) is 30.5 Å². The predicted molar refractivity (Wildman–Crippen MR) is 111 cm³/mol. The predicted octanol–water partition coefficient (Wildman–Crippen LogP) is 3.22. The first-order valence-corrected chi connectivity index (χ1v) is 9.46. The molecule has 0 unspecified atom stereocenters. The Morgan fingerprint density at radius 3 is 2.72 bits per heavy atom. The van der Waals surface area contributed by atoms with E-state index >= 15 is 0 Å². The zero-order chi connectivity index (χ0) is 20.2. The van der Waals surface area contributed by atoms with Gasteiger partial charge in [0.2, 0.25) is 5.91 Å². The Balaban J connectivity index is 1.61. The van der Waals surface area contributed by atoms with E-state index in [1.54, 1.807) is 19.3 Å². The minimum absolute atomic E-state index is 0.141. The molecule has 0 bridgehead atoms. The van der Waals surface area contributed by atoms with E-state index in [1.165, 1.54) is 0 Å². The molecule has 6 heteroatoms. The molecule has 29 heavy (non-hydrogen) atoms. The van der Waals surface area contributed by atoms with Gasteiger partial charge in [0.1, 0.15) is 0 Å². The van der Waals surface area contributed by atoms with Crippen molar-refractivity contribution >= 4 is 17.6 Å². The SMILES string of the molecule is CNC(=O)c1cccc(-c2cnc(NC(=O)Cc3ccccc3)c3c2CCO3)c1. The van der Waals surface area contributed by atoms with Crippen LogP contribution in [0.2, 0.25) is 0 Å². The summed E-state index contributed by atoms with van der Waals surface area (Å²) in [4.78, 5) is 28.8. The van der Waals surface area contributed by atoms with Crippen molar-refractivity contribution < 1.29 is 14.3 Å². The largest absolute Gasteiger partial charge is 0.489 e. The highest BCUT2D eigenvalue weighted by atomic mass is 16.5. The third-order valence-electron chi connectivity index (χ3n) is 4.86. The molecule has 146 valence electrons. The highest BCUT2D eigenvalue weighted by Crippen LogP contribution is 2.39. The number of aromatic nitrogens is 1. The zero-order valence-corrected chi connectivity index (χ0v) is 16.1. The molecule has 2 heterocycles. The molecule has 1 aliphatic rings. The maximum Gasteiger partial charge on any atom is 0.251 e. The van der Waals surface area contributed by atoms with E-state index < -0.39 is 0 Å². The van der Waals surface area contributed by atoms with Crippen LogP contribution in [0.25, 0.3) is 11.1 Å². The lowest BCUT2D eigenvalue weighted by molar-refractivity contribution is -0.115. The summed E-state index contributed by atoms with van der Waals surface area (Å²) in [5, 5.41) is 5.51. The van der Waals surface area contributed by atoms with Gasteiger partial charge in [-0.3, -0.25) is 9.59 Å². The number of carbonyl (C=O) groups is 2. The Hall–Kier alpha value is -3.67. The van der Waals surface area contributed by atoms with Crippen LogP contribution in [-0.2, 0) is 17.6 Å². The normalized spacial score (nSPS) is 12.0. The van der Waals surface area contributed by atoms with Crippen LogP contribution < -0.4 is 15.4 Å². The van der Waals surface area contributed by atoms with Crippen molar-refractivity contribution in [3.8, 4) is 16.9 Å². The molecule has 0 atom stereocenters. The Bertz CT molecular complexity index is 1060. The molecular formula is C23H21N3O3. The molecule has 2 aromatic carbocycles. The molecule has 0 radical (unpaired) electrons. The molecular weight excluding hydrogens is 366 g/mol. The number of carbonyl (C=O) groups excluding carboxylic acids is 2. The van der Waals surface area contributed by atoms with Crippen molar-refractivity contribution in [2.75, 3.05) is 19.0 Å². The van der Waals surface area contributed by atoms with E-state index in [2.05, 4.69) is 15.6 Å². The topological polar surface area (TPSA) is 80.3 Å². The van der Waals surface area contributed by atoms with Crippen LogP contribution >= 0.6 is 0 Å². The van der Waals surface area contributed by atoms with E-state index in [0.29, 0.717) is 23.7 Å². The van der Waals surface area contributed by atoms with Gasteiger partial charge in [-0.15, -0.1) is 0 Å². The molecule has 3 aromatic rings. The minimum atomic E-state index is -0.143. The number of hydrogen-bond donors (Lipinski definition) is 2. The Labute approximate surface area is 168 Å². The molecule has 4 rings (SSSR count). The maximum atomic E-state index is 12.4. The van der Waals surface area contributed by atoms with Gasteiger partial charge in [0.05, 0.1) is 13.0 Å². The highest BCUT2D eigenvalue weighted by Gasteiger charge is 2.23. The van der Waals surface area contributed by atoms with Crippen molar-refractivity contribution in [3.63, 3.8) is 0 Å². The summed E-state index contributed by atoms with van der Waals surface area (Å²) in [5.41, 5.74) is 4.30. The second-order valence-electron chi connectivity index (χ2n) is 6.80. The summed E-state index contributed by atoms with van der Waals surface area (Å²) in [7, 11) is 1.61. The Kier molecular flexibility index (Phi) is 5.24. The van der Waals surface area contributed by atoms with Gasteiger partial charge in [-0.2, -0.15) is 0 Å². The van der Waals surface area contributed by atoms with E-state index in [-0.39, 0.29) is 18.2 Å². The molecule has 0 spiro atoms. The summed E-state index contributed by atoms with van der Waals surface area (Å²) in [5.74, 6) is 0.757. The summed E-state index contributed by atoms with van der Waals surface area (Å²) >= 11 is 0. The first-order valence-electron chi connectivity index (χ1n) is 9.46. The molecule has 2 N–H and O–H groups in total. The second kappa shape index (κ2) is 8.14. The monoisotopic (exact) mass is 387 g/mol. The van der Waals surface area contributed by atoms with Crippen LogP contribution in [0.1, 0.15) is 21.5 Å². The van der Waals surface area contributed by atoms with E-state index in [1.807, 2.05) is 48.5 Å². The van der Waals surface area contributed by atoms with Crippen molar-refractivity contribution in [2.45, 2.75) is 12.8 Å². The van der Waals surface area contributed by atoms with E-state index in [9.17, 15) is 9.59 Å². The van der Waals surface area contributed by atoms with E-state index in [0.717, 1.165) is 28.7 Å². The second-order valence-corrected chi connectivity index (χ2v) is 6.80. The quantitative estimate of drug-likeness (QED) is 0.704. The number of fused-ring (bicyclic) bond motifs is 1. The summed E-state index contributed by atoms with van der Waals surface area (Å²) in [6, 6.07) is 16.9. The van der Waals surface area contributed by atoms with Crippen LogP contribution in [0.3, 0.4) is 0 Å². The molecule has 2 amide bonds. The lowest BCUT2D eigenvalue weighted by Gasteiger charge is -2.13. The van der Waals surface area contributed by atoms with E-state index in [4.69, 9.17) is 4.74 Å². The van der Waals surface area contributed by atoms with Crippen molar-refractivity contribution in [3.05, 3.63) is 77.5 Å². The number of pyridine rings is 1. The fourth-order valence-electron chi connectivity index (χ4n) is 3.46. The van der Waals surface area contributed by atoms with Gasteiger partial charge < -0.3 is 15.4 Å². The first-order chi connectivity index (χ1) is 14.2. The van der Waals surface area contributed by atoms with Gasteiger partial charge in [0, 0.05) is 36.4 Å². The highest BCUT2D eigenvalue weighted by molar-refractivity contribution is 5.96. The molecule has 1 aromatic heterocycles. The Morgan fingerprint density at radius 2 is 1.93 bits per heavy atom. The Morgan fingerprint density at radius 1 is 1.10 bits per heavy atom. The van der Waals surface area contributed by atoms with Gasteiger partial charge in [0.25, 0.3) is 5.91 Å². The summed E-state index contributed by atoms with van der Waals surface area (Å²) in [6.45, 7) is 0.532. The number of nitrogens with zero attached hydrogens (tertiary/aromatic N) is 1. The van der Waals surface area contributed by atoms with Crippen molar-refractivity contribution in [1.82, 2.24) is 10.3 Å². The number of nitrogens with one attached hydrogen (secondary N) is 2. The zero-order valence-electron chi connectivity index (χ0n) is 16.1. The van der Waals surface area contributed by atoms with Gasteiger partial charge in [0.15, 0.2) is 11.6 Å². The van der Waals surface area contributed by atoms with Crippen molar-refractivity contribution in [1.29, 1.82) is 0 Å². The van der Waals surface area contributed by atoms with Crippen LogP contribution in [0.4, 0.5) is 5.82 Å². The van der Waals surface area contributed by atoms with Gasteiger partial charge in [-0.05, 0) is 23.3 Å². The number of amides is 2. The molecule has 6 nitrogen and oxygen atoms in total. The van der Waals surface area contributed by atoms with Gasteiger partial charge in [-0.25, -0.2) is 4.98 Å². The molecule has 0 saturated heterocycles. The van der Waals surface area contributed by atoms with Gasteiger partial charge in [-0.1, -0.05) is 42.5 Å². The fraction of sp³-hybridized carbons (Fsp3) is 0.174. The maximum absolute atomic E-state index is 12.4. The molecule has 1 aliphatic heterocycles. The summed E-state index contributed by atoms with van der Waals surface area (Å²) < 4.78 is 5.79. The van der Waals surface area contributed by atoms with Crippen LogP contribution in [0.5, 0.6) is 5.75 Å². The average molecular weight is 387 g/mol. The number of benzene rings is 2. The fourth-order valence-corrected chi connectivity index (χ4v) is 3.46. The summed E-state index contributed by atoms with van der Waals surface area (Å²) in [6.07, 6.45) is 2.72. The van der Waals surface area contributed by atoms with Crippen LogP contribution in [0.15, 0.2) is 60.8 Å². The van der Waals surface area contributed by atoms with Gasteiger partial charge >= 0.3 is 0 Å². The number of ether oxygens (including phenoxy) is 1. The molecule has 0 fully saturated rings. The average Bonchev–Trinajstić information content (AvgIpc) is 3.24. The number of hydrogen-bond acceptors (Lipinski definition) is 4.